The van der Waals surface area contributed by atoms with Gasteiger partial charge < -0.3 is 19.9 Å². The summed E-state index contributed by atoms with van der Waals surface area (Å²) in [6.45, 7) is 8.18. The second-order valence-electron chi connectivity index (χ2n) is 12.9. The Morgan fingerprint density at radius 1 is 1.00 bits per heavy atom. The highest BCUT2D eigenvalue weighted by Gasteiger charge is 2.37. The Morgan fingerprint density at radius 2 is 1.70 bits per heavy atom. The lowest BCUT2D eigenvalue weighted by Gasteiger charge is -2.36. The minimum absolute atomic E-state index is 0.212. The molecule has 4 aromatic rings. The van der Waals surface area contributed by atoms with Gasteiger partial charge in [0.05, 0.1) is 5.69 Å². The van der Waals surface area contributed by atoms with Gasteiger partial charge in [-0.15, -0.1) is 0 Å². The average molecular weight is 626 g/mol. The van der Waals surface area contributed by atoms with Crippen molar-refractivity contribution >= 4 is 11.9 Å². The van der Waals surface area contributed by atoms with Crippen molar-refractivity contribution in [2.75, 3.05) is 37.6 Å². The first kappa shape index (κ1) is 31.3. The Labute approximate surface area is 268 Å². The molecule has 3 heterocycles. The fraction of sp³-hybridized carbons (Fsp3) is 0.400. The number of ether oxygens (including phenoxy) is 1. The summed E-state index contributed by atoms with van der Waals surface area (Å²) in [5.74, 6) is 1.19. The SMILES string of the molecule is CC(C)(C)OC(=O)N1CCN(c2nc(CCCN[C@@H]3C[C@H]3c3ccc(F)cc3)cn(-c3ccc(-c4ncccn4)cc3)c2=O)CC1. The first-order valence-electron chi connectivity index (χ1n) is 15.9. The summed E-state index contributed by atoms with van der Waals surface area (Å²) in [6.07, 6.45) is 7.44. The minimum atomic E-state index is -0.573. The molecule has 10 nitrogen and oxygen atoms in total. The van der Waals surface area contributed by atoms with Gasteiger partial charge in [0.1, 0.15) is 11.4 Å². The van der Waals surface area contributed by atoms with Gasteiger partial charge in [-0.3, -0.25) is 9.36 Å². The highest BCUT2D eigenvalue weighted by Crippen LogP contribution is 2.40. The Balaban J connectivity index is 1.17. The monoisotopic (exact) mass is 625 g/mol. The third kappa shape index (κ3) is 7.59. The lowest BCUT2D eigenvalue weighted by atomic mass is 10.1. The summed E-state index contributed by atoms with van der Waals surface area (Å²) in [6, 6.07) is 16.5. The van der Waals surface area contributed by atoms with Gasteiger partial charge in [0.2, 0.25) is 0 Å². The molecule has 0 bridgehead atoms. The van der Waals surface area contributed by atoms with Crippen LogP contribution < -0.4 is 15.8 Å². The molecular formula is C35H40FN7O3. The number of hydrogen-bond acceptors (Lipinski definition) is 8. The van der Waals surface area contributed by atoms with E-state index in [9.17, 15) is 14.0 Å². The highest BCUT2D eigenvalue weighted by molar-refractivity contribution is 5.68. The molecule has 6 rings (SSSR count). The lowest BCUT2D eigenvalue weighted by Crippen LogP contribution is -2.51. The normalized spacial score (nSPS) is 18.0. The lowest BCUT2D eigenvalue weighted by molar-refractivity contribution is 0.0240. The number of benzene rings is 2. The van der Waals surface area contributed by atoms with Gasteiger partial charge in [0, 0.05) is 68.0 Å². The fourth-order valence-corrected chi connectivity index (χ4v) is 5.75. The van der Waals surface area contributed by atoms with Gasteiger partial charge in [-0.25, -0.2) is 24.1 Å². The fourth-order valence-electron chi connectivity index (χ4n) is 5.75. The largest absolute Gasteiger partial charge is 0.444 e. The van der Waals surface area contributed by atoms with Crippen LogP contribution in [-0.4, -0.2) is 74.9 Å². The number of halogens is 1. The van der Waals surface area contributed by atoms with Crippen LogP contribution in [0.1, 0.15) is 50.8 Å². The van der Waals surface area contributed by atoms with Gasteiger partial charge in [-0.05, 0) is 94.6 Å². The van der Waals surface area contributed by atoms with Crippen LogP contribution in [-0.2, 0) is 11.2 Å². The van der Waals surface area contributed by atoms with Crippen molar-refractivity contribution in [3.05, 3.63) is 101 Å². The number of nitrogens with one attached hydrogen (secondary N) is 1. The van der Waals surface area contributed by atoms with Gasteiger partial charge in [-0.2, -0.15) is 0 Å². The van der Waals surface area contributed by atoms with Gasteiger partial charge in [-0.1, -0.05) is 12.1 Å². The summed E-state index contributed by atoms with van der Waals surface area (Å²) in [5.41, 5.74) is 2.77. The minimum Gasteiger partial charge on any atom is -0.444 e. The van der Waals surface area contributed by atoms with Crippen LogP contribution in [0.2, 0.25) is 0 Å². The van der Waals surface area contributed by atoms with Crippen LogP contribution >= 0.6 is 0 Å². The average Bonchev–Trinajstić information content (AvgIpc) is 3.83. The quantitative estimate of drug-likeness (QED) is 0.260. The molecule has 1 saturated heterocycles. The summed E-state index contributed by atoms with van der Waals surface area (Å²) >= 11 is 0. The molecule has 2 aliphatic rings. The maximum absolute atomic E-state index is 13.9. The molecule has 240 valence electrons. The predicted molar refractivity (Wildman–Crippen MR) is 175 cm³/mol. The van der Waals surface area contributed by atoms with Crippen LogP contribution in [0.3, 0.4) is 0 Å². The van der Waals surface area contributed by atoms with Crippen molar-refractivity contribution < 1.29 is 13.9 Å². The summed E-state index contributed by atoms with van der Waals surface area (Å²) < 4.78 is 20.5. The molecule has 1 N–H and O–H groups in total. The molecule has 1 amide bonds. The third-order valence-corrected chi connectivity index (χ3v) is 8.24. The van der Waals surface area contributed by atoms with E-state index in [1.165, 1.54) is 12.1 Å². The Morgan fingerprint density at radius 3 is 2.37 bits per heavy atom. The molecule has 0 unspecified atom stereocenters. The number of nitrogens with zero attached hydrogens (tertiary/aromatic N) is 6. The Bertz CT molecular complexity index is 1700. The van der Waals surface area contributed by atoms with Crippen LogP contribution in [0.15, 0.2) is 78.0 Å². The molecule has 2 atom stereocenters. The topological polar surface area (TPSA) is 105 Å². The summed E-state index contributed by atoms with van der Waals surface area (Å²) in [7, 11) is 0. The zero-order chi connectivity index (χ0) is 32.3. The van der Waals surface area contributed by atoms with E-state index in [2.05, 4.69) is 15.3 Å². The summed E-state index contributed by atoms with van der Waals surface area (Å²) in [4.78, 5) is 43.7. The van der Waals surface area contributed by atoms with Gasteiger partial charge >= 0.3 is 6.09 Å². The first-order valence-corrected chi connectivity index (χ1v) is 15.9. The van der Waals surface area contributed by atoms with Crippen molar-refractivity contribution in [3.63, 3.8) is 0 Å². The molecule has 2 aromatic carbocycles. The Kier molecular flexibility index (Phi) is 9.12. The van der Waals surface area contributed by atoms with Crippen LogP contribution in [0.25, 0.3) is 17.1 Å². The molecule has 2 fully saturated rings. The Hall–Kier alpha value is -4.64. The molecular weight excluding hydrogens is 585 g/mol. The van der Waals surface area contributed by atoms with E-state index in [4.69, 9.17) is 9.72 Å². The van der Waals surface area contributed by atoms with Gasteiger partial charge in [0.25, 0.3) is 5.56 Å². The number of carbonyl (C=O) groups excluding carboxylic acids is 1. The van der Waals surface area contributed by atoms with E-state index in [1.54, 1.807) is 27.9 Å². The first-order chi connectivity index (χ1) is 22.1. The third-order valence-electron chi connectivity index (χ3n) is 8.24. The van der Waals surface area contributed by atoms with E-state index in [-0.39, 0.29) is 17.5 Å². The maximum atomic E-state index is 13.9. The maximum Gasteiger partial charge on any atom is 0.410 e. The molecule has 0 radical (unpaired) electrons. The molecule has 1 saturated carbocycles. The standard InChI is InChI=1S/C35H40FN7O3/c1-35(2,3)46-34(45)42-20-18-41(19-21-42)32-33(44)43(28-13-9-25(10-14-28)31-38-16-5-17-39-31)23-27(40-32)6-4-15-37-30-22-29(30)24-7-11-26(36)12-8-24/h5,7-14,16-17,23,29-30,37H,4,6,15,18-22H2,1-3H3/t29-,30+/m0/s1. The number of anilines is 1. The molecule has 1 aliphatic heterocycles. The van der Waals surface area contributed by atoms with Crippen molar-refractivity contribution in [2.24, 2.45) is 0 Å². The van der Waals surface area contributed by atoms with Gasteiger partial charge in [0.15, 0.2) is 11.6 Å². The number of aromatic nitrogens is 4. The van der Waals surface area contributed by atoms with E-state index in [0.29, 0.717) is 56.2 Å². The second kappa shape index (κ2) is 13.4. The van der Waals surface area contributed by atoms with E-state index < -0.39 is 5.60 Å². The number of rotatable bonds is 9. The predicted octanol–water partition coefficient (Wildman–Crippen LogP) is 4.96. The van der Waals surface area contributed by atoms with E-state index in [1.807, 2.05) is 68.3 Å². The molecule has 46 heavy (non-hydrogen) atoms. The molecule has 2 aromatic heterocycles. The molecule has 1 aliphatic carbocycles. The highest BCUT2D eigenvalue weighted by atomic mass is 19.1. The zero-order valence-corrected chi connectivity index (χ0v) is 26.5. The summed E-state index contributed by atoms with van der Waals surface area (Å²) in [5, 5.41) is 3.62. The van der Waals surface area contributed by atoms with Crippen molar-refractivity contribution in [2.45, 2.75) is 57.6 Å². The van der Waals surface area contributed by atoms with Crippen LogP contribution in [0.4, 0.5) is 15.0 Å². The number of amides is 1. The van der Waals surface area contributed by atoms with E-state index >= 15 is 0 Å². The number of aryl methyl sites for hydroxylation is 1. The smallest absolute Gasteiger partial charge is 0.410 e. The van der Waals surface area contributed by atoms with Crippen molar-refractivity contribution in [3.8, 4) is 17.1 Å². The number of carbonyl (C=O) groups is 1. The van der Waals surface area contributed by atoms with Crippen LogP contribution in [0.5, 0.6) is 0 Å². The van der Waals surface area contributed by atoms with Crippen LogP contribution in [0, 0.1) is 5.82 Å². The van der Waals surface area contributed by atoms with Crippen molar-refractivity contribution in [1.29, 1.82) is 0 Å². The van der Waals surface area contributed by atoms with Crippen molar-refractivity contribution in [1.82, 2.24) is 29.7 Å². The zero-order valence-electron chi connectivity index (χ0n) is 26.5. The number of piperazine rings is 1. The second-order valence-corrected chi connectivity index (χ2v) is 12.9. The number of hydrogen-bond donors (Lipinski definition) is 1. The molecule has 11 heteroatoms. The molecule has 0 spiro atoms. The van der Waals surface area contributed by atoms with E-state index in [0.717, 1.165) is 41.9 Å².